The first kappa shape index (κ1) is 22.6. The number of ether oxygens (including phenoxy) is 1. The molecule has 33 heavy (non-hydrogen) atoms. The Hall–Kier alpha value is -3.60. The molecular formula is C28H31N3O2. The number of carbonyl (C=O) groups is 1. The van der Waals surface area contributed by atoms with Gasteiger partial charge >= 0.3 is 0 Å². The number of nitrogens with one attached hydrogen (secondary N) is 1. The fraction of sp³-hybridized carbons (Fsp3) is 0.286. The number of amides is 1. The Labute approximate surface area is 195 Å². The van der Waals surface area contributed by atoms with Crippen LogP contribution in [0.15, 0.2) is 66.7 Å². The van der Waals surface area contributed by atoms with Crippen LogP contribution in [0, 0.1) is 20.8 Å². The molecule has 5 nitrogen and oxygen atoms in total. The van der Waals surface area contributed by atoms with Gasteiger partial charge in [0.1, 0.15) is 11.6 Å². The molecule has 0 aliphatic heterocycles. The first-order valence-corrected chi connectivity index (χ1v) is 11.4. The monoisotopic (exact) mass is 441 g/mol. The number of imidazole rings is 1. The maximum Gasteiger partial charge on any atom is 0.251 e. The van der Waals surface area contributed by atoms with Gasteiger partial charge in [-0.1, -0.05) is 42.0 Å². The van der Waals surface area contributed by atoms with Gasteiger partial charge < -0.3 is 14.6 Å². The molecule has 170 valence electrons. The third-order valence-corrected chi connectivity index (χ3v) is 5.86. The predicted octanol–water partition coefficient (Wildman–Crippen LogP) is 5.92. The van der Waals surface area contributed by atoms with Gasteiger partial charge in [-0.15, -0.1) is 0 Å². The second kappa shape index (κ2) is 9.90. The fourth-order valence-electron chi connectivity index (χ4n) is 3.98. The van der Waals surface area contributed by atoms with Crippen molar-refractivity contribution in [3.8, 4) is 5.75 Å². The molecule has 3 aromatic carbocycles. The van der Waals surface area contributed by atoms with E-state index >= 15 is 0 Å². The number of carbonyl (C=O) groups excluding carboxylic acids is 1. The van der Waals surface area contributed by atoms with Gasteiger partial charge in [-0.05, 0) is 75.6 Å². The Morgan fingerprint density at radius 1 is 1.00 bits per heavy atom. The van der Waals surface area contributed by atoms with E-state index in [1.165, 1.54) is 5.56 Å². The van der Waals surface area contributed by atoms with Crippen LogP contribution in [-0.4, -0.2) is 22.1 Å². The lowest BCUT2D eigenvalue weighted by Crippen LogP contribution is -2.28. The van der Waals surface area contributed by atoms with Crippen LogP contribution < -0.4 is 10.1 Å². The molecule has 4 aromatic rings. The number of aromatic nitrogens is 2. The van der Waals surface area contributed by atoms with Crippen LogP contribution >= 0.6 is 0 Å². The lowest BCUT2D eigenvalue weighted by Gasteiger charge is -2.17. The average molecular weight is 442 g/mol. The molecule has 0 spiro atoms. The number of hydrogen-bond donors (Lipinski definition) is 1. The zero-order valence-corrected chi connectivity index (χ0v) is 19.8. The van der Waals surface area contributed by atoms with Gasteiger partial charge in [-0.3, -0.25) is 4.79 Å². The van der Waals surface area contributed by atoms with Crippen LogP contribution in [0.1, 0.15) is 52.3 Å². The van der Waals surface area contributed by atoms with Crippen LogP contribution in [0.25, 0.3) is 11.0 Å². The molecule has 1 atom stereocenters. The normalized spacial score (nSPS) is 12.0. The zero-order valence-electron chi connectivity index (χ0n) is 19.8. The number of para-hydroxylation sites is 2. The summed E-state index contributed by atoms with van der Waals surface area (Å²) in [7, 11) is 0. The van der Waals surface area contributed by atoms with Gasteiger partial charge in [0.05, 0.1) is 23.7 Å². The maximum absolute atomic E-state index is 12.8. The summed E-state index contributed by atoms with van der Waals surface area (Å²) in [6.07, 6.45) is 0.833. The highest BCUT2D eigenvalue weighted by atomic mass is 16.5. The molecule has 0 bridgehead atoms. The summed E-state index contributed by atoms with van der Waals surface area (Å²) in [6, 6.07) is 21.7. The Morgan fingerprint density at radius 3 is 2.52 bits per heavy atom. The van der Waals surface area contributed by atoms with E-state index in [1.807, 2.05) is 56.3 Å². The van der Waals surface area contributed by atoms with Crippen molar-refractivity contribution in [1.82, 2.24) is 14.9 Å². The van der Waals surface area contributed by atoms with Gasteiger partial charge in [-0.25, -0.2) is 4.98 Å². The van der Waals surface area contributed by atoms with E-state index in [1.54, 1.807) is 0 Å². The molecule has 5 heteroatoms. The van der Waals surface area contributed by atoms with E-state index in [9.17, 15) is 4.79 Å². The molecule has 1 amide bonds. The molecule has 0 fully saturated rings. The smallest absolute Gasteiger partial charge is 0.251 e. The van der Waals surface area contributed by atoms with E-state index in [2.05, 4.69) is 48.0 Å². The summed E-state index contributed by atoms with van der Waals surface area (Å²) >= 11 is 0. The van der Waals surface area contributed by atoms with Crippen molar-refractivity contribution in [2.24, 2.45) is 0 Å². The minimum atomic E-state index is -0.230. The number of rotatable bonds is 8. The number of benzene rings is 3. The first-order chi connectivity index (χ1) is 15.9. The number of hydrogen-bond acceptors (Lipinski definition) is 3. The van der Waals surface area contributed by atoms with Crippen LogP contribution in [0.2, 0.25) is 0 Å². The van der Waals surface area contributed by atoms with Gasteiger partial charge in [0, 0.05) is 12.1 Å². The van der Waals surface area contributed by atoms with Crippen molar-refractivity contribution in [2.75, 3.05) is 6.61 Å². The van der Waals surface area contributed by atoms with Crippen molar-refractivity contribution in [1.29, 1.82) is 0 Å². The Bertz CT molecular complexity index is 1260. The van der Waals surface area contributed by atoms with Gasteiger partial charge in [-0.2, -0.15) is 0 Å². The highest BCUT2D eigenvalue weighted by Crippen LogP contribution is 2.23. The van der Waals surface area contributed by atoms with E-state index in [-0.39, 0.29) is 11.9 Å². The molecule has 1 unspecified atom stereocenters. The average Bonchev–Trinajstić information content (AvgIpc) is 3.18. The highest BCUT2D eigenvalue weighted by molar-refractivity contribution is 5.94. The van der Waals surface area contributed by atoms with Gasteiger partial charge in [0.15, 0.2) is 0 Å². The van der Waals surface area contributed by atoms with E-state index < -0.39 is 0 Å². The topological polar surface area (TPSA) is 56.2 Å². The van der Waals surface area contributed by atoms with Crippen LogP contribution in [0.5, 0.6) is 5.75 Å². The summed E-state index contributed by atoms with van der Waals surface area (Å²) in [5, 5.41) is 3.11. The first-order valence-electron chi connectivity index (χ1n) is 11.4. The largest absolute Gasteiger partial charge is 0.493 e. The van der Waals surface area contributed by atoms with Crippen molar-refractivity contribution < 1.29 is 9.53 Å². The molecular weight excluding hydrogens is 410 g/mol. The molecule has 4 rings (SSSR count). The molecule has 1 aromatic heterocycles. The van der Waals surface area contributed by atoms with Crippen LogP contribution in [0.3, 0.4) is 0 Å². The lowest BCUT2D eigenvalue weighted by atomic mass is 10.1. The highest BCUT2D eigenvalue weighted by Gasteiger charge is 2.19. The second-order valence-electron chi connectivity index (χ2n) is 8.64. The standard InChI is InChI=1S/C28H31N3O2/c1-19-11-14-23(15-12-19)28(32)29-22(4)27-30-24-8-5-6-9-25(24)31(27)16-7-17-33-26-18-20(2)10-13-21(26)3/h5-6,8-15,18,22H,7,16-17H2,1-4H3,(H,29,32). The third-order valence-electron chi connectivity index (χ3n) is 5.86. The summed E-state index contributed by atoms with van der Waals surface area (Å²) in [4.78, 5) is 17.6. The molecule has 1 heterocycles. The Morgan fingerprint density at radius 2 is 1.73 bits per heavy atom. The Kier molecular flexibility index (Phi) is 6.78. The Balaban J connectivity index is 1.48. The molecule has 0 radical (unpaired) electrons. The number of nitrogens with zero attached hydrogens (tertiary/aromatic N) is 2. The second-order valence-corrected chi connectivity index (χ2v) is 8.64. The minimum absolute atomic E-state index is 0.0978. The van der Waals surface area contributed by atoms with Gasteiger partial charge in [0.25, 0.3) is 5.91 Å². The summed E-state index contributed by atoms with van der Waals surface area (Å²) in [5.41, 5.74) is 6.11. The van der Waals surface area contributed by atoms with E-state index in [0.717, 1.165) is 46.7 Å². The van der Waals surface area contributed by atoms with Crippen LogP contribution in [0.4, 0.5) is 0 Å². The fourth-order valence-corrected chi connectivity index (χ4v) is 3.98. The lowest BCUT2D eigenvalue weighted by molar-refractivity contribution is 0.0937. The predicted molar refractivity (Wildman–Crippen MR) is 133 cm³/mol. The quantitative estimate of drug-likeness (QED) is 0.345. The van der Waals surface area contributed by atoms with Crippen molar-refractivity contribution in [3.63, 3.8) is 0 Å². The van der Waals surface area contributed by atoms with Crippen molar-refractivity contribution in [3.05, 3.63) is 94.8 Å². The minimum Gasteiger partial charge on any atom is -0.493 e. The van der Waals surface area contributed by atoms with Crippen LogP contribution in [-0.2, 0) is 6.54 Å². The number of aryl methyl sites for hydroxylation is 4. The summed E-state index contributed by atoms with van der Waals surface area (Å²) < 4.78 is 8.25. The van der Waals surface area contributed by atoms with Crippen molar-refractivity contribution in [2.45, 2.75) is 46.7 Å². The van der Waals surface area contributed by atoms with E-state index in [0.29, 0.717) is 12.2 Å². The molecule has 0 aliphatic carbocycles. The summed E-state index contributed by atoms with van der Waals surface area (Å²) in [6.45, 7) is 9.50. The molecule has 0 saturated carbocycles. The summed E-state index contributed by atoms with van der Waals surface area (Å²) in [5.74, 6) is 1.69. The SMILES string of the molecule is Cc1ccc(C(=O)NC(C)c2nc3ccccc3n2CCCOc2cc(C)ccc2C)cc1. The maximum atomic E-state index is 12.8. The van der Waals surface area contributed by atoms with E-state index in [4.69, 9.17) is 9.72 Å². The molecule has 1 N–H and O–H groups in total. The van der Waals surface area contributed by atoms with Crippen molar-refractivity contribution >= 4 is 16.9 Å². The molecule has 0 aliphatic rings. The van der Waals surface area contributed by atoms with Gasteiger partial charge in [0.2, 0.25) is 0 Å². The zero-order chi connectivity index (χ0) is 23.4. The number of fused-ring (bicyclic) bond motifs is 1. The molecule has 0 saturated heterocycles. The third kappa shape index (κ3) is 5.25.